The summed E-state index contributed by atoms with van der Waals surface area (Å²) in [6, 6.07) is 28.1. The van der Waals surface area contributed by atoms with Crippen molar-refractivity contribution in [3.63, 3.8) is 0 Å². The van der Waals surface area contributed by atoms with Crippen LogP contribution in [-0.4, -0.2) is 14.9 Å². The van der Waals surface area contributed by atoms with Crippen LogP contribution in [0, 0.1) is 4.77 Å². The highest BCUT2D eigenvalue weighted by molar-refractivity contribution is 7.71. The van der Waals surface area contributed by atoms with Gasteiger partial charge in [-0.3, -0.25) is 0 Å². The third-order valence-electron chi connectivity index (χ3n) is 4.34. The molecule has 0 bridgehead atoms. The Morgan fingerprint density at radius 3 is 2.36 bits per heavy atom. The summed E-state index contributed by atoms with van der Waals surface area (Å²) in [5.74, 6) is 1.59. The van der Waals surface area contributed by atoms with Crippen LogP contribution in [0.4, 0.5) is 0 Å². The Morgan fingerprint density at radius 2 is 1.57 bits per heavy atom. The van der Waals surface area contributed by atoms with Crippen molar-refractivity contribution in [2.45, 2.75) is 13.2 Å². The molecule has 4 aromatic rings. The number of ether oxygens (including phenoxy) is 1. The van der Waals surface area contributed by atoms with Crippen LogP contribution in [0.15, 0.2) is 84.9 Å². The normalized spacial score (nSPS) is 10.6. The molecule has 0 saturated heterocycles. The van der Waals surface area contributed by atoms with Crippen molar-refractivity contribution in [1.82, 2.24) is 14.9 Å². The van der Waals surface area contributed by atoms with Gasteiger partial charge >= 0.3 is 0 Å². The Morgan fingerprint density at radius 1 is 0.893 bits per heavy atom. The van der Waals surface area contributed by atoms with E-state index in [0.717, 1.165) is 28.3 Å². The van der Waals surface area contributed by atoms with Gasteiger partial charge in [-0.25, -0.2) is 9.77 Å². The fraction of sp³-hybridized carbons (Fsp3) is 0.0909. The molecule has 0 unspecified atom stereocenters. The van der Waals surface area contributed by atoms with E-state index in [9.17, 15) is 0 Å². The van der Waals surface area contributed by atoms with E-state index in [1.54, 1.807) is 4.68 Å². The first-order chi connectivity index (χ1) is 13.8. The van der Waals surface area contributed by atoms with Crippen LogP contribution in [0.2, 0.25) is 0 Å². The molecule has 0 spiro atoms. The van der Waals surface area contributed by atoms with Crippen molar-refractivity contribution < 1.29 is 4.74 Å². The molecule has 1 aromatic heterocycles. The predicted octanol–water partition coefficient (Wildman–Crippen LogP) is 4.93. The average Bonchev–Trinajstić information content (AvgIpc) is 3.13. The number of benzene rings is 3. The summed E-state index contributed by atoms with van der Waals surface area (Å²) in [6.07, 6.45) is 0. The summed E-state index contributed by atoms with van der Waals surface area (Å²) in [5.41, 5.74) is 6.51. The largest absolute Gasteiger partial charge is 0.489 e. The molecule has 1 heterocycles. The van der Waals surface area contributed by atoms with Gasteiger partial charge in [0.25, 0.3) is 0 Å². The van der Waals surface area contributed by atoms with Crippen LogP contribution in [0.25, 0.3) is 11.4 Å². The molecule has 2 N–H and O–H groups in total. The zero-order chi connectivity index (χ0) is 19.2. The molecule has 4 rings (SSSR count). The maximum atomic E-state index is 6.04. The van der Waals surface area contributed by atoms with Gasteiger partial charge in [-0.2, -0.15) is 5.10 Å². The van der Waals surface area contributed by atoms with Crippen LogP contribution >= 0.6 is 12.2 Å². The van der Waals surface area contributed by atoms with E-state index in [-0.39, 0.29) is 0 Å². The first kappa shape index (κ1) is 18.0. The molecular weight excluding hydrogens is 368 g/mol. The molecule has 0 amide bonds. The molecule has 0 aliphatic rings. The molecule has 3 aromatic carbocycles. The summed E-state index contributed by atoms with van der Waals surface area (Å²) in [4.78, 5) is 0. The number of hydrogen-bond donors (Lipinski definition) is 2. The molecule has 140 valence electrons. The van der Waals surface area contributed by atoms with Gasteiger partial charge < -0.3 is 10.2 Å². The van der Waals surface area contributed by atoms with E-state index in [4.69, 9.17) is 17.0 Å². The summed E-state index contributed by atoms with van der Waals surface area (Å²) >= 11 is 5.39. The van der Waals surface area contributed by atoms with Gasteiger partial charge in [0.1, 0.15) is 12.4 Å². The smallest absolute Gasteiger partial charge is 0.214 e. The number of nitrogens with zero attached hydrogens (tertiary/aromatic N) is 2. The zero-order valence-corrected chi connectivity index (χ0v) is 16.0. The van der Waals surface area contributed by atoms with E-state index in [0.29, 0.717) is 17.9 Å². The molecule has 6 heteroatoms. The lowest BCUT2D eigenvalue weighted by Crippen LogP contribution is -2.16. The van der Waals surface area contributed by atoms with E-state index >= 15 is 0 Å². The van der Waals surface area contributed by atoms with Crippen LogP contribution in [-0.2, 0) is 13.2 Å². The second-order valence-corrected chi connectivity index (χ2v) is 6.66. The predicted molar refractivity (Wildman–Crippen MR) is 113 cm³/mol. The highest BCUT2D eigenvalue weighted by atomic mass is 32.1. The lowest BCUT2D eigenvalue weighted by atomic mass is 10.2. The molecule has 28 heavy (non-hydrogen) atoms. The summed E-state index contributed by atoms with van der Waals surface area (Å²) in [6.45, 7) is 1.08. The van der Waals surface area contributed by atoms with Crippen LogP contribution < -0.4 is 10.2 Å². The molecule has 5 nitrogen and oxygen atoms in total. The van der Waals surface area contributed by atoms with Crippen LogP contribution in [0.5, 0.6) is 5.75 Å². The summed E-state index contributed by atoms with van der Waals surface area (Å²) < 4.78 is 8.35. The first-order valence-corrected chi connectivity index (χ1v) is 9.43. The molecule has 0 aliphatic heterocycles. The van der Waals surface area contributed by atoms with Gasteiger partial charge in [0.2, 0.25) is 4.77 Å². The van der Waals surface area contributed by atoms with Gasteiger partial charge in [0.15, 0.2) is 5.82 Å². The number of hydrogen-bond acceptors (Lipinski definition) is 4. The van der Waals surface area contributed by atoms with Crippen molar-refractivity contribution >= 4 is 12.2 Å². The molecular formula is C22H20N4OS. The van der Waals surface area contributed by atoms with Gasteiger partial charge in [-0.05, 0) is 23.8 Å². The van der Waals surface area contributed by atoms with Gasteiger partial charge in [-0.15, -0.1) is 0 Å². The lowest BCUT2D eigenvalue weighted by molar-refractivity contribution is 0.303. The van der Waals surface area contributed by atoms with Crippen molar-refractivity contribution in [2.24, 2.45) is 0 Å². The SMILES string of the molecule is S=c1[nH]nc(-c2ccccc2)n1NCc1ccccc1OCc1ccccc1. The second-order valence-electron chi connectivity index (χ2n) is 6.27. The maximum absolute atomic E-state index is 6.04. The monoisotopic (exact) mass is 388 g/mol. The number of nitrogens with one attached hydrogen (secondary N) is 2. The summed E-state index contributed by atoms with van der Waals surface area (Å²) in [7, 11) is 0. The van der Waals surface area contributed by atoms with Crippen molar-refractivity contribution in [3.8, 4) is 17.1 Å². The quantitative estimate of drug-likeness (QED) is 0.441. The molecule has 0 aliphatic carbocycles. The lowest BCUT2D eigenvalue weighted by Gasteiger charge is -2.14. The third-order valence-corrected chi connectivity index (χ3v) is 4.62. The number of aromatic nitrogens is 3. The minimum atomic E-state index is 0.515. The highest BCUT2D eigenvalue weighted by Gasteiger charge is 2.10. The highest BCUT2D eigenvalue weighted by Crippen LogP contribution is 2.21. The maximum Gasteiger partial charge on any atom is 0.214 e. The minimum absolute atomic E-state index is 0.515. The average molecular weight is 388 g/mol. The second kappa shape index (κ2) is 8.54. The molecule has 0 radical (unpaired) electrons. The van der Waals surface area contributed by atoms with Crippen LogP contribution in [0.1, 0.15) is 11.1 Å². The number of aromatic amines is 1. The van der Waals surface area contributed by atoms with Gasteiger partial charge in [0.05, 0.1) is 6.54 Å². The Kier molecular flexibility index (Phi) is 5.49. The fourth-order valence-corrected chi connectivity index (χ4v) is 3.11. The standard InChI is InChI=1S/C22H20N4OS/c28-22-25-24-21(18-11-5-2-6-12-18)26(22)23-15-19-13-7-8-14-20(19)27-16-17-9-3-1-4-10-17/h1-14,23H,15-16H2,(H,25,28). The van der Waals surface area contributed by atoms with Gasteiger partial charge in [0, 0.05) is 11.1 Å². The van der Waals surface area contributed by atoms with E-state index in [1.165, 1.54) is 0 Å². The van der Waals surface area contributed by atoms with Crippen molar-refractivity contribution in [2.75, 3.05) is 5.43 Å². The molecule has 0 saturated carbocycles. The Bertz CT molecular complexity index is 1090. The Balaban J connectivity index is 1.51. The first-order valence-electron chi connectivity index (χ1n) is 9.02. The third kappa shape index (κ3) is 4.13. The minimum Gasteiger partial charge on any atom is -0.489 e. The molecule has 0 fully saturated rings. The number of H-pyrrole nitrogens is 1. The van der Waals surface area contributed by atoms with E-state index in [1.807, 2.05) is 72.8 Å². The fourth-order valence-electron chi connectivity index (χ4n) is 2.91. The van der Waals surface area contributed by atoms with Gasteiger partial charge in [-0.1, -0.05) is 78.9 Å². The van der Waals surface area contributed by atoms with Crippen molar-refractivity contribution in [3.05, 3.63) is 101 Å². The van der Waals surface area contributed by atoms with E-state index in [2.05, 4.69) is 27.8 Å². The Hall–Kier alpha value is -3.38. The topological polar surface area (TPSA) is 54.9 Å². The zero-order valence-electron chi connectivity index (χ0n) is 15.2. The number of para-hydroxylation sites is 1. The van der Waals surface area contributed by atoms with Crippen LogP contribution in [0.3, 0.4) is 0 Å². The Labute approximate surface area is 168 Å². The summed E-state index contributed by atoms with van der Waals surface area (Å²) in [5, 5.41) is 7.20. The molecule has 0 atom stereocenters. The number of rotatable bonds is 7. The van der Waals surface area contributed by atoms with Crippen molar-refractivity contribution in [1.29, 1.82) is 0 Å². The van der Waals surface area contributed by atoms with E-state index < -0.39 is 0 Å².